The fourth-order valence-corrected chi connectivity index (χ4v) is 3.28. The van der Waals surface area contributed by atoms with E-state index in [1.807, 2.05) is 6.92 Å². The zero-order valence-electron chi connectivity index (χ0n) is 15.4. The van der Waals surface area contributed by atoms with Gasteiger partial charge in [-0.1, -0.05) is 41.4 Å². The van der Waals surface area contributed by atoms with Gasteiger partial charge >= 0.3 is 5.97 Å². The van der Waals surface area contributed by atoms with Crippen LogP contribution in [-0.2, 0) is 10.0 Å². The lowest BCUT2D eigenvalue weighted by molar-refractivity contribution is 0.0734. The summed E-state index contributed by atoms with van der Waals surface area (Å²) in [4.78, 5) is 14.5. The van der Waals surface area contributed by atoms with E-state index < -0.39 is 16.0 Å². The van der Waals surface area contributed by atoms with Gasteiger partial charge in [0.25, 0.3) is 10.0 Å². The molecule has 3 aromatic carbocycles. The van der Waals surface area contributed by atoms with Gasteiger partial charge in [-0.2, -0.15) is 13.5 Å². The summed E-state index contributed by atoms with van der Waals surface area (Å²) >= 11 is 5.82. The molecule has 0 aliphatic heterocycles. The standard InChI is InChI=1S/C21H17ClN2O4S/c1-15-6-12-19(13-7-15)29(26,27)24-23-14-17-4-2-3-5-20(17)28-21(25)16-8-10-18(22)11-9-16/h2-14,24H,1H3/b23-14+. The van der Waals surface area contributed by atoms with Gasteiger partial charge in [-0.15, -0.1) is 0 Å². The highest BCUT2D eigenvalue weighted by atomic mass is 35.5. The summed E-state index contributed by atoms with van der Waals surface area (Å²) in [7, 11) is -3.80. The lowest BCUT2D eigenvalue weighted by atomic mass is 10.2. The lowest BCUT2D eigenvalue weighted by Crippen LogP contribution is -2.18. The highest BCUT2D eigenvalue weighted by Crippen LogP contribution is 2.19. The first kappa shape index (κ1) is 20.6. The van der Waals surface area contributed by atoms with Crippen LogP contribution in [0.4, 0.5) is 0 Å². The molecule has 29 heavy (non-hydrogen) atoms. The summed E-state index contributed by atoms with van der Waals surface area (Å²) in [6.45, 7) is 1.87. The Morgan fingerprint density at radius 2 is 1.66 bits per heavy atom. The molecule has 0 unspecified atom stereocenters. The number of nitrogens with one attached hydrogen (secondary N) is 1. The molecule has 6 nitrogen and oxygen atoms in total. The van der Waals surface area contributed by atoms with Crippen LogP contribution in [0.15, 0.2) is 82.8 Å². The number of esters is 1. The normalized spacial score (nSPS) is 11.4. The van der Waals surface area contributed by atoms with Crippen LogP contribution in [0.2, 0.25) is 5.02 Å². The number of carbonyl (C=O) groups is 1. The molecule has 0 aromatic heterocycles. The molecule has 0 fully saturated rings. The third-order valence-corrected chi connectivity index (χ3v) is 5.40. The second kappa shape index (κ2) is 8.89. The predicted molar refractivity (Wildman–Crippen MR) is 112 cm³/mol. The molecule has 0 heterocycles. The summed E-state index contributed by atoms with van der Waals surface area (Å²) in [5, 5.41) is 4.30. The Labute approximate surface area is 173 Å². The predicted octanol–water partition coefficient (Wildman–Crippen LogP) is 4.18. The number of carbonyl (C=O) groups excluding carboxylic acids is 1. The number of sulfonamides is 1. The summed E-state index contributed by atoms with van der Waals surface area (Å²) in [6.07, 6.45) is 1.27. The Kier molecular flexibility index (Phi) is 6.31. The van der Waals surface area contributed by atoms with Crippen LogP contribution in [0.5, 0.6) is 5.75 Å². The van der Waals surface area contributed by atoms with Crippen molar-refractivity contribution in [1.29, 1.82) is 0 Å². The monoisotopic (exact) mass is 428 g/mol. The van der Waals surface area contributed by atoms with Gasteiger partial charge in [0.1, 0.15) is 5.75 Å². The molecule has 1 N–H and O–H groups in total. The number of ether oxygens (including phenoxy) is 1. The number of hydrazone groups is 1. The van der Waals surface area contributed by atoms with Crippen molar-refractivity contribution in [1.82, 2.24) is 4.83 Å². The number of rotatable bonds is 6. The molecule has 148 valence electrons. The van der Waals surface area contributed by atoms with Crippen molar-refractivity contribution in [3.63, 3.8) is 0 Å². The van der Waals surface area contributed by atoms with Crippen molar-refractivity contribution in [2.24, 2.45) is 5.10 Å². The largest absolute Gasteiger partial charge is 0.422 e. The molecule has 0 radical (unpaired) electrons. The van der Waals surface area contributed by atoms with E-state index in [-0.39, 0.29) is 10.6 Å². The quantitative estimate of drug-likeness (QED) is 0.276. The minimum absolute atomic E-state index is 0.0997. The Hall–Kier alpha value is -3.16. The number of para-hydroxylation sites is 1. The Bertz CT molecular complexity index is 1140. The number of nitrogens with zero attached hydrogens (tertiary/aromatic N) is 1. The van der Waals surface area contributed by atoms with Crippen LogP contribution in [0, 0.1) is 6.92 Å². The molecule has 0 spiro atoms. The Morgan fingerprint density at radius 3 is 2.34 bits per heavy atom. The van der Waals surface area contributed by atoms with Crippen molar-refractivity contribution in [2.45, 2.75) is 11.8 Å². The van der Waals surface area contributed by atoms with Crippen LogP contribution in [0.25, 0.3) is 0 Å². The fraction of sp³-hybridized carbons (Fsp3) is 0.0476. The number of halogens is 1. The molecule has 0 saturated heterocycles. The van der Waals surface area contributed by atoms with Crippen LogP contribution in [0.3, 0.4) is 0 Å². The number of hydrogen-bond donors (Lipinski definition) is 1. The highest BCUT2D eigenvalue weighted by molar-refractivity contribution is 7.89. The molecule has 0 saturated carbocycles. The van der Waals surface area contributed by atoms with Gasteiger partial charge in [-0.25, -0.2) is 9.63 Å². The summed E-state index contributed by atoms with van der Waals surface area (Å²) in [5.74, 6) is -0.325. The number of hydrogen-bond acceptors (Lipinski definition) is 5. The SMILES string of the molecule is Cc1ccc(S(=O)(=O)N/N=C/c2ccccc2OC(=O)c2ccc(Cl)cc2)cc1. The van der Waals surface area contributed by atoms with Gasteiger partial charge in [0.2, 0.25) is 0 Å². The average molecular weight is 429 g/mol. The van der Waals surface area contributed by atoms with Crippen LogP contribution < -0.4 is 9.57 Å². The topological polar surface area (TPSA) is 84.8 Å². The molecular formula is C21H17ClN2O4S. The van der Waals surface area contributed by atoms with E-state index in [0.717, 1.165) is 5.56 Å². The molecule has 0 aliphatic carbocycles. The van der Waals surface area contributed by atoms with Crippen LogP contribution >= 0.6 is 11.6 Å². The van der Waals surface area contributed by atoms with E-state index in [1.165, 1.54) is 18.3 Å². The Morgan fingerprint density at radius 1 is 1.00 bits per heavy atom. The molecule has 8 heteroatoms. The van der Waals surface area contributed by atoms with Gasteiger partial charge in [0.05, 0.1) is 16.7 Å². The molecule has 3 rings (SSSR count). The lowest BCUT2D eigenvalue weighted by Gasteiger charge is -2.08. The van der Waals surface area contributed by atoms with Crippen LogP contribution in [0.1, 0.15) is 21.5 Å². The maximum Gasteiger partial charge on any atom is 0.343 e. The van der Waals surface area contributed by atoms with E-state index in [2.05, 4.69) is 9.93 Å². The average Bonchev–Trinajstić information content (AvgIpc) is 2.70. The Balaban J connectivity index is 1.74. The number of aryl methyl sites for hydroxylation is 1. The van der Waals surface area contributed by atoms with Crippen molar-refractivity contribution in [3.05, 3.63) is 94.5 Å². The van der Waals surface area contributed by atoms with Crippen molar-refractivity contribution >= 4 is 33.8 Å². The van der Waals surface area contributed by atoms with Crippen molar-refractivity contribution < 1.29 is 17.9 Å². The molecule has 3 aromatic rings. The highest BCUT2D eigenvalue weighted by Gasteiger charge is 2.13. The van der Waals surface area contributed by atoms with Gasteiger partial charge in [0, 0.05) is 10.6 Å². The number of benzene rings is 3. The second-order valence-corrected chi connectivity index (χ2v) is 8.20. The van der Waals surface area contributed by atoms with E-state index in [1.54, 1.807) is 60.7 Å². The first-order chi connectivity index (χ1) is 13.8. The summed E-state index contributed by atoms with van der Waals surface area (Å²) in [6, 6.07) is 19.3. The summed E-state index contributed by atoms with van der Waals surface area (Å²) in [5.41, 5.74) is 1.71. The van der Waals surface area contributed by atoms with Gasteiger partial charge in [-0.3, -0.25) is 0 Å². The maximum absolute atomic E-state index is 12.3. The van der Waals surface area contributed by atoms with Gasteiger partial charge < -0.3 is 4.74 Å². The van der Waals surface area contributed by atoms with E-state index in [9.17, 15) is 13.2 Å². The van der Waals surface area contributed by atoms with E-state index in [0.29, 0.717) is 16.1 Å². The smallest absolute Gasteiger partial charge is 0.343 e. The fourth-order valence-electron chi connectivity index (χ4n) is 2.36. The van der Waals surface area contributed by atoms with Crippen molar-refractivity contribution in [2.75, 3.05) is 0 Å². The summed E-state index contributed by atoms with van der Waals surface area (Å²) < 4.78 is 30.0. The van der Waals surface area contributed by atoms with Gasteiger partial charge in [-0.05, 0) is 55.5 Å². The minimum Gasteiger partial charge on any atom is -0.422 e. The molecule has 0 aliphatic rings. The maximum atomic E-state index is 12.3. The molecule has 0 bridgehead atoms. The molecule has 0 amide bonds. The van der Waals surface area contributed by atoms with Crippen LogP contribution in [-0.4, -0.2) is 20.6 Å². The zero-order chi connectivity index (χ0) is 20.9. The first-order valence-corrected chi connectivity index (χ1v) is 10.4. The third-order valence-electron chi connectivity index (χ3n) is 3.91. The zero-order valence-corrected chi connectivity index (χ0v) is 16.9. The van der Waals surface area contributed by atoms with Gasteiger partial charge in [0.15, 0.2) is 0 Å². The molecular weight excluding hydrogens is 412 g/mol. The van der Waals surface area contributed by atoms with E-state index in [4.69, 9.17) is 16.3 Å². The second-order valence-electron chi connectivity index (χ2n) is 6.10. The van der Waals surface area contributed by atoms with E-state index >= 15 is 0 Å². The molecule has 0 atom stereocenters. The minimum atomic E-state index is -3.80. The first-order valence-electron chi connectivity index (χ1n) is 8.53. The third kappa shape index (κ3) is 5.43. The van der Waals surface area contributed by atoms with Crippen molar-refractivity contribution in [3.8, 4) is 5.75 Å².